The Hall–Kier alpha value is -3.20. The predicted octanol–water partition coefficient (Wildman–Crippen LogP) is 3.35. The molecule has 2 aromatic carbocycles. The van der Waals surface area contributed by atoms with Crippen molar-refractivity contribution in [1.29, 1.82) is 0 Å². The van der Waals surface area contributed by atoms with Crippen molar-refractivity contribution in [2.24, 2.45) is 0 Å². The largest absolute Gasteiger partial charge is 0.495 e. The van der Waals surface area contributed by atoms with E-state index in [-0.39, 0.29) is 11.4 Å². The quantitative estimate of drug-likeness (QED) is 0.609. The number of urea groups is 2. The first-order valence-corrected chi connectivity index (χ1v) is 7.61. The van der Waals surface area contributed by atoms with Gasteiger partial charge >= 0.3 is 12.1 Å². The number of ether oxygens (including phenoxy) is 2. The van der Waals surface area contributed by atoms with Gasteiger partial charge in [0, 0.05) is 17.8 Å². The number of hydrazine groups is 1. The van der Waals surface area contributed by atoms with Crippen molar-refractivity contribution in [3.63, 3.8) is 0 Å². The van der Waals surface area contributed by atoms with Crippen molar-refractivity contribution >= 4 is 35.0 Å². The Morgan fingerprint density at radius 1 is 0.962 bits per heavy atom. The molecule has 0 fully saturated rings. The number of anilines is 2. The highest BCUT2D eigenvalue weighted by Crippen LogP contribution is 2.35. The van der Waals surface area contributed by atoms with E-state index in [4.69, 9.17) is 21.1 Å². The maximum absolute atomic E-state index is 13.1. The number of halogens is 2. The van der Waals surface area contributed by atoms with E-state index < -0.39 is 17.9 Å². The lowest BCUT2D eigenvalue weighted by molar-refractivity contribution is 0.237. The van der Waals surface area contributed by atoms with E-state index in [9.17, 15) is 14.0 Å². The molecule has 2 rings (SSSR count). The molecule has 0 unspecified atom stereocenters. The van der Waals surface area contributed by atoms with Crippen LogP contribution in [0.5, 0.6) is 11.5 Å². The second kappa shape index (κ2) is 8.77. The molecule has 0 aliphatic rings. The SMILES string of the molecule is COc1cc(NC(=O)NNC(=O)Nc2cccc(F)c2)c(OC)cc1Cl. The third-order valence-corrected chi connectivity index (χ3v) is 3.39. The highest BCUT2D eigenvalue weighted by atomic mass is 35.5. The zero-order valence-corrected chi connectivity index (χ0v) is 14.6. The average Bonchev–Trinajstić information content (AvgIpc) is 2.61. The number of nitrogens with one attached hydrogen (secondary N) is 4. The molecule has 0 aromatic heterocycles. The Bertz CT molecular complexity index is 819. The van der Waals surface area contributed by atoms with Gasteiger partial charge in [-0.2, -0.15) is 0 Å². The zero-order valence-electron chi connectivity index (χ0n) is 13.9. The fourth-order valence-electron chi connectivity index (χ4n) is 1.95. The molecule has 0 saturated carbocycles. The van der Waals surface area contributed by atoms with E-state index in [1.165, 1.54) is 44.6 Å². The number of carbonyl (C=O) groups is 2. The van der Waals surface area contributed by atoms with E-state index in [2.05, 4.69) is 21.5 Å². The van der Waals surface area contributed by atoms with E-state index in [1.807, 2.05) is 0 Å². The molecule has 26 heavy (non-hydrogen) atoms. The van der Waals surface area contributed by atoms with Gasteiger partial charge in [-0.1, -0.05) is 17.7 Å². The summed E-state index contributed by atoms with van der Waals surface area (Å²) >= 11 is 5.98. The molecule has 0 aliphatic heterocycles. The van der Waals surface area contributed by atoms with Crippen LogP contribution in [0.25, 0.3) is 0 Å². The summed E-state index contributed by atoms with van der Waals surface area (Å²) < 4.78 is 23.2. The maximum Gasteiger partial charge on any atom is 0.338 e. The summed E-state index contributed by atoms with van der Waals surface area (Å²) in [5.41, 5.74) is 4.76. The van der Waals surface area contributed by atoms with Crippen molar-refractivity contribution in [2.75, 3.05) is 24.9 Å². The van der Waals surface area contributed by atoms with E-state index in [0.717, 1.165) is 6.07 Å². The van der Waals surface area contributed by atoms with Gasteiger partial charge in [-0.15, -0.1) is 0 Å². The van der Waals surface area contributed by atoms with Gasteiger partial charge < -0.3 is 20.1 Å². The standard InChI is InChI=1S/C16H16ClFN4O4/c1-25-13-8-12(14(26-2)7-11(13)17)20-16(24)22-21-15(23)19-10-5-3-4-9(18)6-10/h3-8H,1-2H3,(H2,19,21,23)(H2,20,22,24). The van der Waals surface area contributed by atoms with Gasteiger partial charge in [0.05, 0.1) is 24.9 Å². The van der Waals surface area contributed by atoms with Crippen LogP contribution in [0.2, 0.25) is 5.02 Å². The molecule has 4 N–H and O–H groups in total. The van der Waals surface area contributed by atoms with Crippen LogP contribution in [0.15, 0.2) is 36.4 Å². The maximum atomic E-state index is 13.1. The van der Waals surface area contributed by atoms with Gasteiger partial charge in [0.1, 0.15) is 17.3 Å². The van der Waals surface area contributed by atoms with E-state index in [1.54, 1.807) is 0 Å². The van der Waals surface area contributed by atoms with Crippen LogP contribution in [-0.2, 0) is 0 Å². The van der Waals surface area contributed by atoms with Crippen LogP contribution in [0.1, 0.15) is 0 Å². The summed E-state index contributed by atoms with van der Waals surface area (Å²) in [4.78, 5) is 23.6. The second-order valence-corrected chi connectivity index (χ2v) is 5.26. The molecule has 4 amide bonds. The lowest BCUT2D eigenvalue weighted by Gasteiger charge is -2.14. The molecule has 0 spiro atoms. The van der Waals surface area contributed by atoms with Crippen LogP contribution >= 0.6 is 11.6 Å². The first kappa shape index (κ1) is 19.1. The Morgan fingerprint density at radius 2 is 1.62 bits per heavy atom. The Labute approximate surface area is 153 Å². The highest BCUT2D eigenvalue weighted by molar-refractivity contribution is 6.32. The van der Waals surface area contributed by atoms with Gasteiger partial charge in [0.2, 0.25) is 0 Å². The molecule has 10 heteroatoms. The molecular weight excluding hydrogens is 367 g/mol. The molecule has 0 heterocycles. The number of hydrogen-bond acceptors (Lipinski definition) is 4. The average molecular weight is 383 g/mol. The summed E-state index contributed by atoms with van der Waals surface area (Å²) in [5.74, 6) is 0.131. The molecule has 0 bridgehead atoms. The van der Waals surface area contributed by atoms with Gasteiger partial charge in [-0.05, 0) is 18.2 Å². The lowest BCUT2D eigenvalue weighted by atomic mass is 10.2. The van der Waals surface area contributed by atoms with Crippen molar-refractivity contribution in [3.8, 4) is 11.5 Å². The van der Waals surface area contributed by atoms with Crippen molar-refractivity contribution < 1.29 is 23.5 Å². The van der Waals surface area contributed by atoms with Crippen LogP contribution in [0.4, 0.5) is 25.4 Å². The van der Waals surface area contributed by atoms with Crippen LogP contribution in [-0.4, -0.2) is 26.3 Å². The molecule has 8 nitrogen and oxygen atoms in total. The minimum absolute atomic E-state index is 0.230. The van der Waals surface area contributed by atoms with Crippen LogP contribution in [0.3, 0.4) is 0 Å². The molecule has 0 saturated heterocycles. The topological polar surface area (TPSA) is 101 Å². The molecule has 2 aromatic rings. The summed E-state index contributed by atoms with van der Waals surface area (Å²) in [6, 6.07) is 6.73. The number of benzene rings is 2. The second-order valence-electron chi connectivity index (χ2n) is 4.86. The van der Waals surface area contributed by atoms with Crippen molar-refractivity contribution in [2.45, 2.75) is 0 Å². The third kappa shape index (κ3) is 5.15. The zero-order chi connectivity index (χ0) is 19.1. The minimum atomic E-state index is -0.758. The van der Waals surface area contributed by atoms with Crippen molar-refractivity contribution in [3.05, 3.63) is 47.2 Å². The number of rotatable bonds is 4. The molecule has 0 atom stereocenters. The Kier molecular flexibility index (Phi) is 6.45. The first-order chi connectivity index (χ1) is 12.4. The minimum Gasteiger partial charge on any atom is -0.495 e. The predicted molar refractivity (Wildman–Crippen MR) is 95.3 cm³/mol. The number of carbonyl (C=O) groups excluding carboxylic acids is 2. The highest BCUT2D eigenvalue weighted by Gasteiger charge is 2.13. The summed E-state index contributed by atoms with van der Waals surface area (Å²) in [5, 5.41) is 5.14. The van der Waals surface area contributed by atoms with Gasteiger partial charge in [-0.3, -0.25) is 0 Å². The fraction of sp³-hybridized carbons (Fsp3) is 0.125. The number of methoxy groups -OCH3 is 2. The summed E-state index contributed by atoms with van der Waals surface area (Å²) in [7, 11) is 2.84. The molecule has 138 valence electrons. The molecular formula is C16H16ClFN4O4. The van der Waals surface area contributed by atoms with Gasteiger partial charge in [0.15, 0.2) is 0 Å². The van der Waals surface area contributed by atoms with Crippen LogP contribution < -0.4 is 31.0 Å². The van der Waals surface area contributed by atoms with Gasteiger partial charge in [-0.25, -0.2) is 24.8 Å². The third-order valence-electron chi connectivity index (χ3n) is 3.09. The summed E-state index contributed by atoms with van der Waals surface area (Å²) in [6.07, 6.45) is 0. The Balaban J connectivity index is 1.93. The smallest absolute Gasteiger partial charge is 0.338 e. The van der Waals surface area contributed by atoms with Crippen LogP contribution in [0, 0.1) is 5.82 Å². The summed E-state index contributed by atoms with van der Waals surface area (Å²) in [6.45, 7) is 0. The fourth-order valence-corrected chi connectivity index (χ4v) is 2.18. The van der Waals surface area contributed by atoms with E-state index >= 15 is 0 Å². The Morgan fingerprint density at radius 3 is 2.23 bits per heavy atom. The lowest BCUT2D eigenvalue weighted by Crippen LogP contribution is -2.45. The molecule has 0 radical (unpaired) electrons. The molecule has 0 aliphatic carbocycles. The monoisotopic (exact) mass is 382 g/mol. The number of hydrogen-bond donors (Lipinski definition) is 4. The number of amides is 4. The van der Waals surface area contributed by atoms with Gasteiger partial charge in [0.25, 0.3) is 0 Å². The van der Waals surface area contributed by atoms with E-state index in [0.29, 0.717) is 16.5 Å². The van der Waals surface area contributed by atoms with Crippen molar-refractivity contribution in [1.82, 2.24) is 10.9 Å². The normalized spacial score (nSPS) is 9.85. The first-order valence-electron chi connectivity index (χ1n) is 7.24.